The van der Waals surface area contributed by atoms with Crippen molar-refractivity contribution in [3.63, 3.8) is 0 Å². The highest BCUT2D eigenvalue weighted by Gasteiger charge is 2.19. The number of nitro benzene ring substituents is 1. The predicted molar refractivity (Wildman–Crippen MR) is 124 cm³/mol. The largest absolute Gasteiger partial charge is 0.444 e. The van der Waals surface area contributed by atoms with Gasteiger partial charge in [0.15, 0.2) is 0 Å². The molecule has 0 aliphatic carbocycles. The van der Waals surface area contributed by atoms with Crippen molar-refractivity contribution in [1.29, 1.82) is 0 Å². The van der Waals surface area contributed by atoms with Crippen LogP contribution < -0.4 is 16.0 Å². The van der Waals surface area contributed by atoms with Crippen LogP contribution in [-0.4, -0.2) is 33.1 Å². The fourth-order valence-electron chi connectivity index (χ4n) is 3.10. The zero-order valence-corrected chi connectivity index (χ0v) is 18.4. The van der Waals surface area contributed by atoms with Crippen LogP contribution in [0.3, 0.4) is 0 Å². The zero-order chi connectivity index (χ0) is 23.3. The minimum Gasteiger partial charge on any atom is -0.444 e. The first-order chi connectivity index (χ1) is 15.2. The Morgan fingerprint density at radius 3 is 2.56 bits per heavy atom. The Kier molecular flexibility index (Phi) is 6.72. The van der Waals surface area contributed by atoms with E-state index in [-0.39, 0.29) is 5.69 Å². The van der Waals surface area contributed by atoms with Crippen LogP contribution in [0.2, 0.25) is 0 Å². The standard InChI is InChI=1S/C22H26N6O4/c1-5-23-18-11-17-15(10-19(18)28(30)31)20(26-13-25-17)24-12-14-8-6-7-9-16(14)27-21(29)32-22(2,3)4/h6-11,13,23H,5,12H2,1-4H3,(H,27,29)(H,24,25,26). The summed E-state index contributed by atoms with van der Waals surface area (Å²) in [5.41, 5.74) is 1.70. The monoisotopic (exact) mass is 438 g/mol. The third kappa shape index (κ3) is 5.60. The molecule has 2 aromatic carbocycles. The highest BCUT2D eigenvalue weighted by atomic mass is 16.6. The van der Waals surface area contributed by atoms with Crippen molar-refractivity contribution in [1.82, 2.24) is 9.97 Å². The van der Waals surface area contributed by atoms with Gasteiger partial charge in [-0.05, 0) is 45.4 Å². The molecule has 168 valence electrons. The lowest BCUT2D eigenvalue weighted by atomic mass is 10.1. The van der Waals surface area contributed by atoms with Crippen LogP contribution in [0.25, 0.3) is 10.9 Å². The molecular weight excluding hydrogens is 412 g/mol. The van der Waals surface area contributed by atoms with Gasteiger partial charge in [-0.2, -0.15) is 0 Å². The van der Waals surface area contributed by atoms with Crippen molar-refractivity contribution in [2.75, 3.05) is 22.5 Å². The van der Waals surface area contributed by atoms with E-state index in [0.29, 0.717) is 41.2 Å². The minimum atomic E-state index is -0.614. The normalized spacial score (nSPS) is 11.1. The molecule has 0 radical (unpaired) electrons. The van der Waals surface area contributed by atoms with Gasteiger partial charge in [0.25, 0.3) is 5.69 Å². The molecule has 1 heterocycles. The number of hydrogen-bond acceptors (Lipinski definition) is 8. The summed E-state index contributed by atoms with van der Waals surface area (Å²) in [5, 5.41) is 21.0. The van der Waals surface area contributed by atoms with E-state index in [1.165, 1.54) is 12.4 Å². The molecule has 32 heavy (non-hydrogen) atoms. The highest BCUT2D eigenvalue weighted by molar-refractivity contribution is 5.94. The Labute approximate surface area is 185 Å². The maximum atomic E-state index is 12.2. The van der Waals surface area contributed by atoms with Gasteiger partial charge >= 0.3 is 6.09 Å². The third-order valence-electron chi connectivity index (χ3n) is 4.42. The van der Waals surface area contributed by atoms with Crippen LogP contribution in [-0.2, 0) is 11.3 Å². The summed E-state index contributed by atoms with van der Waals surface area (Å²) in [7, 11) is 0. The number of benzene rings is 2. The van der Waals surface area contributed by atoms with E-state index in [1.807, 2.05) is 25.1 Å². The van der Waals surface area contributed by atoms with Crippen molar-refractivity contribution in [3.05, 3.63) is 58.4 Å². The van der Waals surface area contributed by atoms with E-state index in [2.05, 4.69) is 25.9 Å². The molecular formula is C22H26N6O4. The number of para-hydroxylation sites is 1. The first-order valence-electron chi connectivity index (χ1n) is 10.2. The van der Waals surface area contributed by atoms with Crippen LogP contribution in [0.4, 0.5) is 27.7 Å². The molecule has 0 aliphatic rings. The van der Waals surface area contributed by atoms with Crippen molar-refractivity contribution >= 4 is 39.9 Å². The molecule has 0 bridgehead atoms. The Morgan fingerprint density at radius 2 is 1.88 bits per heavy atom. The Morgan fingerprint density at radius 1 is 1.12 bits per heavy atom. The topological polar surface area (TPSA) is 131 Å². The maximum Gasteiger partial charge on any atom is 0.412 e. The molecule has 1 aromatic heterocycles. The molecule has 3 N–H and O–H groups in total. The highest BCUT2D eigenvalue weighted by Crippen LogP contribution is 2.32. The second-order valence-corrected chi connectivity index (χ2v) is 8.03. The molecule has 0 fully saturated rings. The number of nitrogens with one attached hydrogen (secondary N) is 3. The summed E-state index contributed by atoms with van der Waals surface area (Å²) < 4.78 is 5.32. The average molecular weight is 438 g/mol. The fraction of sp³-hybridized carbons (Fsp3) is 0.318. The Balaban J connectivity index is 1.86. The number of aromatic nitrogens is 2. The average Bonchev–Trinajstić information content (AvgIpc) is 2.71. The van der Waals surface area contributed by atoms with Gasteiger partial charge in [0.05, 0.1) is 10.4 Å². The van der Waals surface area contributed by atoms with Gasteiger partial charge in [0.2, 0.25) is 0 Å². The smallest absolute Gasteiger partial charge is 0.412 e. The molecule has 0 saturated heterocycles. The van der Waals surface area contributed by atoms with Crippen molar-refractivity contribution in [3.8, 4) is 0 Å². The van der Waals surface area contributed by atoms with E-state index < -0.39 is 16.6 Å². The SMILES string of the molecule is CCNc1cc2ncnc(NCc3ccccc3NC(=O)OC(C)(C)C)c2cc1[N+](=O)[O-]. The van der Waals surface area contributed by atoms with E-state index in [9.17, 15) is 14.9 Å². The van der Waals surface area contributed by atoms with Gasteiger partial charge in [0, 0.05) is 30.2 Å². The first kappa shape index (κ1) is 22.7. The molecule has 3 aromatic rings. The van der Waals surface area contributed by atoms with Crippen LogP contribution in [0.1, 0.15) is 33.3 Å². The number of carbonyl (C=O) groups is 1. The van der Waals surface area contributed by atoms with Crippen LogP contribution in [0, 0.1) is 10.1 Å². The summed E-state index contributed by atoms with van der Waals surface area (Å²) in [6, 6.07) is 10.4. The van der Waals surface area contributed by atoms with E-state index in [4.69, 9.17) is 4.74 Å². The van der Waals surface area contributed by atoms with Gasteiger partial charge in [-0.3, -0.25) is 15.4 Å². The van der Waals surface area contributed by atoms with E-state index in [1.54, 1.807) is 32.9 Å². The number of ether oxygens (including phenoxy) is 1. The summed E-state index contributed by atoms with van der Waals surface area (Å²) in [6.07, 6.45) is 0.848. The summed E-state index contributed by atoms with van der Waals surface area (Å²) in [5.74, 6) is 0.452. The van der Waals surface area contributed by atoms with Crippen molar-refractivity contribution in [2.24, 2.45) is 0 Å². The van der Waals surface area contributed by atoms with Gasteiger partial charge in [-0.15, -0.1) is 0 Å². The van der Waals surface area contributed by atoms with Crippen molar-refractivity contribution < 1.29 is 14.5 Å². The Hall–Kier alpha value is -3.95. The number of hydrogen-bond donors (Lipinski definition) is 3. The van der Waals surface area contributed by atoms with Gasteiger partial charge in [-0.25, -0.2) is 14.8 Å². The van der Waals surface area contributed by atoms with Gasteiger partial charge < -0.3 is 15.4 Å². The maximum absolute atomic E-state index is 12.2. The molecule has 3 rings (SSSR count). The number of carbonyl (C=O) groups excluding carboxylic acids is 1. The van der Waals surface area contributed by atoms with Crippen LogP contribution in [0.5, 0.6) is 0 Å². The number of amides is 1. The molecule has 0 aliphatic heterocycles. The predicted octanol–water partition coefficient (Wildman–Crippen LogP) is 4.93. The summed E-state index contributed by atoms with van der Waals surface area (Å²) >= 11 is 0. The molecule has 0 spiro atoms. The van der Waals surface area contributed by atoms with Crippen LogP contribution >= 0.6 is 0 Å². The lowest BCUT2D eigenvalue weighted by molar-refractivity contribution is -0.383. The number of nitro groups is 1. The van der Waals surface area contributed by atoms with E-state index in [0.717, 1.165) is 5.56 Å². The molecule has 0 saturated carbocycles. The second-order valence-electron chi connectivity index (χ2n) is 8.03. The molecule has 10 heteroatoms. The fourth-order valence-corrected chi connectivity index (χ4v) is 3.10. The van der Waals surface area contributed by atoms with Gasteiger partial charge in [0.1, 0.15) is 23.4 Å². The number of rotatable bonds is 7. The summed E-state index contributed by atoms with van der Waals surface area (Å²) in [4.78, 5) is 31.8. The number of nitrogens with zero attached hydrogens (tertiary/aromatic N) is 3. The minimum absolute atomic E-state index is 0.0517. The molecule has 0 unspecified atom stereocenters. The lowest BCUT2D eigenvalue weighted by Crippen LogP contribution is -2.27. The van der Waals surface area contributed by atoms with Crippen LogP contribution in [0.15, 0.2) is 42.7 Å². The van der Waals surface area contributed by atoms with Gasteiger partial charge in [-0.1, -0.05) is 18.2 Å². The Bertz CT molecular complexity index is 1140. The molecule has 10 nitrogen and oxygen atoms in total. The number of fused-ring (bicyclic) bond motifs is 1. The third-order valence-corrected chi connectivity index (χ3v) is 4.42. The second kappa shape index (κ2) is 9.46. The van der Waals surface area contributed by atoms with E-state index >= 15 is 0 Å². The summed E-state index contributed by atoms with van der Waals surface area (Å²) in [6.45, 7) is 8.11. The quantitative estimate of drug-likeness (QED) is 0.349. The zero-order valence-electron chi connectivity index (χ0n) is 18.4. The molecule has 1 amide bonds. The number of anilines is 3. The molecule has 0 atom stereocenters. The first-order valence-corrected chi connectivity index (χ1v) is 10.2. The van der Waals surface area contributed by atoms with Crippen molar-refractivity contribution in [2.45, 2.75) is 39.8 Å². The lowest BCUT2D eigenvalue weighted by Gasteiger charge is -2.20.